The second-order valence-corrected chi connectivity index (χ2v) is 14.8. The van der Waals surface area contributed by atoms with Crippen LogP contribution in [0.1, 0.15) is 0 Å². The number of benzene rings is 9. The summed E-state index contributed by atoms with van der Waals surface area (Å²) >= 11 is 0. The molecule has 9 aromatic carbocycles. The van der Waals surface area contributed by atoms with Crippen molar-refractivity contribution >= 4 is 32.7 Å². The zero-order chi connectivity index (χ0) is 39.1. The fraction of sp³-hybridized carbons (Fsp3) is 0. The fourth-order valence-corrected chi connectivity index (χ4v) is 8.22. The zero-order valence-corrected chi connectivity index (χ0v) is 32.0. The van der Waals surface area contributed by atoms with Crippen molar-refractivity contribution in [1.29, 1.82) is 0 Å². The van der Waals surface area contributed by atoms with Crippen LogP contribution >= 0.6 is 0 Å². The minimum atomic E-state index is 0.588. The van der Waals surface area contributed by atoms with Gasteiger partial charge in [-0.25, -0.2) is 15.0 Å². The van der Waals surface area contributed by atoms with Crippen LogP contribution in [0, 0.1) is 0 Å². The summed E-state index contributed by atoms with van der Waals surface area (Å²) in [6.45, 7) is 0. The monoisotopic (exact) mass is 753 g/mol. The molecule has 0 bridgehead atoms. The Labute approximate surface area is 341 Å². The lowest BCUT2D eigenvalue weighted by Gasteiger charge is -2.11. The molecule has 11 rings (SSSR count). The highest BCUT2D eigenvalue weighted by Gasteiger charge is 2.20. The van der Waals surface area contributed by atoms with Crippen LogP contribution in [0.3, 0.4) is 0 Å². The summed E-state index contributed by atoms with van der Waals surface area (Å²) in [6.07, 6.45) is 0. The molecule has 0 saturated heterocycles. The lowest BCUT2D eigenvalue weighted by Crippen LogP contribution is -2.01. The van der Waals surface area contributed by atoms with Gasteiger partial charge in [0.25, 0.3) is 0 Å². The van der Waals surface area contributed by atoms with E-state index in [1.807, 2.05) is 24.3 Å². The van der Waals surface area contributed by atoms with Crippen LogP contribution in [0.4, 0.5) is 0 Å². The summed E-state index contributed by atoms with van der Waals surface area (Å²) < 4.78 is 6.78. The van der Waals surface area contributed by atoms with Crippen LogP contribution in [0.5, 0.6) is 0 Å². The summed E-state index contributed by atoms with van der Waals surface area (Å²) in [7, 11) is 0. The van der Waals surface area contributed by atoms with Gasteiger partial charge in [-0.1, -0.05) is 200 Å². The molecular weight excluding hydrogens is 719 g/mol. The first kappa shape index (κ1) is 34.3. The summed E-state index contributed by atoms with van der Waals surface area (Å²) in [4.78, 5) is 15.6. The topological polar surface area (TPSA) is 51.8 Å². The Bertz CT molecular complexity index is 3290. The van der Waals surface area contributed by atoms with Gasteiger partial charge in [-0.2, -0.15) is 0 Å². The number of hydrogen-bond donors (Lipinski definition) is 0. The molecule has 0 aliphatic rings. The highest BCUT2D eigenvalue weighted by atomic mass is 16.3. The third-order valence-corrected chi connectivity index (χ3v) is 11.2. The molecule has 0 aliphatic heterocycles. The Morgan fingerprint density at radius 2 is 0.746 bits per heavy atom. The normalized spacial score (nSPS) is 11.4. The van der Waals surface area contributed by atoms with E-state index in [0.717, 1.165) is 82.8 Å². The van der Waals surface area contributed by atoms with Gasteiger partial charge in [0.1, 0.15) is 11.2 Å². The van der Waals surface area contributed by atoms with Crippen molar-refractivity contribution in [3.05, 3.63) is 212 Å². The average Bonchev–Trinajstić information content (AvgIpc) is 3.71. The predicted octanol–water partition coefficient (Wildman–Crippen LogP) is 14.6. The highest BCUT2D eigenvalue weighted by Crippen LogP contribution is 2.41. The molecule has 0 fully saturated rings. The molecule has 2 aromatic heterocycles. The van der Waals surface area contributed by atoms with Crippen molar-refractivity contribution in [2.45, 2.75) is 0 Å². The van der Waals surface area contributed by atoms with Gasteiger partial charge in [0.2, 0.25) is 0 Å². The lowest BCUT2D eigenvalue weighted by atomic mass is 9.96. The Balaban J connectivity index is 1.04. The van der Waals surface area contributed by atoms with Gasteiger partial charge in [-0.15, -0.1) is 0 Å². The van der Waals surface area contributed by atoms with E-state index < -0.39 is 0 Å². The molecule has 0 N–H and O–H groups in total. The molecule has 11 aromatic rings. The molecule has 4 nitrogen and oxygen atoms in total. The minimum Gasteiger partial charge on any atom is -0.455 e. The van der Waals surface area contributed by atoms with Crippen LogP contribution in [0.2, 0.25) is 0 Å². The average molecular weight is 754 g/mol. The SMILES string of the molecule is c1ccc(-c2ccc(-c3cccc(-c4cccc5c4oc4cccc(-c6nc(-c7ccc(-c8ccccc8)cc7)nc(-c7cccc8ccccc78)n6)c45)c3)cc2)cc1. The van der Waals surface area contributed by atoms with Crippen molar-refractivity contribution in [1.82, 2.24) is 15.0 Å². The van der Waals surface area contributed by atoms with Gasteiger partial charge in [-0.3, -0.25) is 0 Å². The molecule has 0 atom stereocenters. The van der Waals surface area contributed by atoms with E-state index in [-0.39, 0.29) is 0 Å². The third-order valence-electron chi connectivity index (χ3n) is 11.2. The number of hydrogen-bond acceptors (Lipinski definition) is 4. The Morgan fingerprint density at radius 1 is 0.288 bits per heavy atom. The van der Waals surface area contributed by atoms with Crippen LogP contribution in [-0.4, -0.2) is 15.0 Å². The minimum absolute atomic E-state index is 0.588. The number of rotatable bonds is 7. The number of nitrogens with zero attached hydrogens (tertiary/aromatic N) is 3. The lowest BCUT2D eigenvalue weighted by molar-refractivity contribution is 0.670. The maximum Gasteiger partial charge on any atom is 0.164 e. The van der Waals surface area contributed by atoms with E-state index in [1.165, 1.54) is 11.1 Å². The second-order valence-electron chi connectivity index (χ2n) is 14.8. The van der Waals surface area contributed by atoms with Crippen molar-refractivity contribution in [3.8, 4) is 78.7 Å². The van der Waals surface area contributed by atoms with Crippen molar-refractivity contribution in [3.63, 3.8) is 0 Å². The Hall–Kier alpha value is -7.95. The van der Waals surface area contributed by atoms with Crippen LogP contribution in [0.15, 0.2) is 217 Å². The molecule has 0 aliphatic carbocycles. The maximum absolute atomic E-state index is 6.78. The van der Waals surface area contributed by atoms with E-state index in [9.17, 15) is 0 Å². The molecule has 0 unspecified atom stereocenters. The molecule has 276 valence electrons. The van der Waals surface area contributed by atoms with Gasteiger partial charge in [0, 0.05) is 33.0 Å². The van der Waals surface area contributed by atoms with Gasteiger partial charge in [-0.05, 0) is 61.8 Å². The van der Waals surface area contributed by atoms with Crippen molar-refractivity contribution in [2.75, 3.05) is 0 Å². The second kappa shape index (κ2) is 14.5. The molecular formula is C55H35N3O. The van der Waals surface area contributed by atoms with E-state index >= 15 is 0 Å². The fourth-order valence-electron chi connectivity index (χ4n) is 8.22. The maximum atomic E-state index is 6.78. The molecule has 4 heteroatoms. The molecule has 2 heterocycles. The van der Waals surface area contributed by atoms with Crippen molar-refractivity contribution in [2.24, 2.45) is 0 Å². The Morgan fingerprint density at radius 3 is 1.47 bits per heavy atom. The van der Waals surface area contributed by atoms with Crippen LogP contribution < -0.4 is 0 Å². The molecule has 0 saturated carbocycles. The number of fused-ring (bicyclic) bond motifs is 4. The molecule has 0 amide bonds. The molecule has 0 radical (unpaired) electrons. The van der Waals surface area contributed by atoms with Gasteiger partial charge in [0.15, 0.2) is 17.5 Å². The molecule has 59 heavy (non-hydrogen) atoms. The van der Waals surface area contributed by atoms with E-state index in [4.69, 9.17) is 19.4 Å². The zero-order valence-electron chi connectivity index (χ0n) is 32.0. The first-order chi connectivity index (χ1) is 29.2. The smallest absolute Gasteiger partial charge is 0.164 e. The Kier molecular flexibility index (Phi) is 8.45. The largest absolute Gasteiger partial charge is 0.455 e. The summed E-state index contributed by atoms with van der Waals surface area (Å²) in [5, 5.41) is 4.19. The first-order valence-corrected chi connectivity index (χ1v) is 19.8. The molecule has 0 spiro atoms. The summed E-state index contributed by atoms with van der Waals surface area (Å²) in [6, 6.07) is 74.0. The predicted molar refractivity (Wildman–Crippen MR) is 243 cm³/mol. The van der Waals surface area contributed by atoms with E-state index in [1.54, 1.807) is 0 Å². The van der Waals surface area contributed by atoms with E-state index in [2.05, 4.69) is 188 Å². The first-order valence-electron chi connectivity index (χ1n) is 19.8. The number of furan rings is 1. The third kappa shape index (κ3) is 6.34. The quantitative estimate of drug-likeness (QED) is 0.163. The number of para-hydroxylation sites is 1. The highest BCUT2D eigenvalue weighted by molar-refractivity contribution is 6.15. The van der Waals surface area contributed by atoms with Gasteiger partial charge < -0.3 is 4.42 Å². The summed E-state index contributed by atoms with van der Waals surface area (Å²) in [5.74, 6) is 1.81. The van der Waals surface area contributed by atoms with Crippen LogP contribution in [-0.2, 0) is 0 Å². The van der Waals surface area contributed by atoms with Crippen molar-refractivity contribution < 1.29 is 4.42 Å². The van der Waals surface area contributed by atoms with Gasteiger partial charge >= 0.3 is 0 Å². The van der Waals surface area contributed by atoms with E-state index in [0.29, 0.717) is 17.5 Å². The summed E-state index contributed by atoms with van der Waals surface area (Å²) in [5.41, 5.74) is 13.5. The van der Waals surface area contributed by atoms with Crippen LogP contribution in [0.25, 0.3) is 111 Å². The number of aromatic nitrogens is 3. The van der Waals surface area contributed by atoms with Gasteiger partial charge in [0.05, 0.1) is 0 Å². The standard InChI is InChI=1S/C55H35N3O/c1-3-13-36(14-4-1)38-27-29-40(30-28-38)43-19-9-20-44(35-43)46-22-11-24-48-51-49(25-12-26-50(51)59-52(46)48)55-57-53(42-33-31-39(32-34-42)37-15-5-2-6-16-37)56-54(58-55)47-23-10-18-41-17-7-8-21-45(41)47/h1-35H.